The number of carboxylic acids is 1. The number of carboxylic acid groups (broad SMARTS) is 1. The first-order valence-electron chi connectivity index (χ1n) is 10.8. The number of imidazole rings is 1. The fourth-order valence-corrected chi connectivity index (χ4v) is 6.83. The summed E-state index contributed by atoms with van der Waals surface area (Å²) in [4.78, 5) is 49.0. The number of aliphatic hydroxyl groups is 1. The summed E-state index contributed by atoms with van der Waals surface area (Å²) in [7, 11) is 1.25. The third-order valence-electron chi connectivity index (χ3n) is 5.80. The zero-order valence-electron chi connectivity index (χ0n) is 19.2. The molecular formula is C20H21N8O6S3+. The van der Waals surface area contributed by atoms with Crippen molar-refractivity contribution in [1.82, 2.24) is 24.0 Å². The van der Waals surface area contributed by atoms with Crippen LogP contribution in [-0.2, 0) is 32.2 Å². The molecule has 2 atom stereocenters. The lowest BCUT2D eigenvalue weighted by atomic mass is 10.0. The van der Waals surface area contributed by atoms with Crippen molar-refractivity contribution in [3.05, 3.63) is 40.7 Å². The number of aliphatic carboxylic acids is 1. The number of aromatic nitrogens is 4. The molecule has 1 fully saturated rings. The van der Waals surface area contributed by atoms with Crippen molar-refractivity contribution in [2.24, 2.45) is 5.16 Å². The highest BCUT2D eigenvalue weighted by Crippen LogP contribution is 2.40. The van der Waals surface area contributed by atoms with Crippen molar-refractivity contribution in [3.63, 3.8) is 0 Å². The molecule has 0 aromatic carbocycles. The quantitative estimate of drug-likeness (QED) is 0.109. The number of nitrogens with one attached hydrogen (secondary N) is 1. The molecule has 5 N–H and O–H groups in total. The van der Waals surface area contributed by atoms with Crippen LogP contribution in [0, 0.1) is 0 Å². The lowest BCUT2D eigenvalue weighted by Crippen LogP contribution is -2.71. The average molecular weight is 566 g/mol. The number of nitrogens with zero attached hydrogens (tertiary/aromatic N) is 6. The average Bonchev–Trinajstić information content (AvgIpc) is 3.58. The summed E-state index contributed by atoms with van der Waals surface area (Å²) in [5.74, 6) is -1.42. The molecule has 2 aliphatic heterocycles. The Morgan fingerprint density at radius 2 is 2.24 bits per heavy atom. The fraction of sp³-hybridized carbons (Fsp3) is 0.350. The van der Waals surface area contributed by atoms with Gasteiger partial charge in [0.25, 0.3) is 17.6 Å². The third-order valence-corrected chi connectivity index (χ3v) is 8.48. The predicted octanol–water partition coefficient (Wildman–Crippen LogP) is -0.954. The number of carbonyl (C=O) groups is 3. The maximum Gasteiger partial charge on any atom is 0.352 e. The van der Waals surface area contributed by atoms with Gasteiger partial charge in [0.2, 0.25) is 16.4 Å². The normalized spacial score (nSPS) is 19.7. The molecule has 1 saturated heterocycles. The molecule has 37 heavy (non-hydrogen) atoms. The number of nitrogen functional groups attached to an aromatic ring is 1. The van der Waals surface area contributed by atoms with Crippen LogP contribution in [0.4, 0.5) is 5.13 Å². The van der Waals surface area contributed by atoms with E-state index in [0.29, 0.717) is 17.7 Å². The first kappa shape index (κ1) is 25.1. The summed E-state index contributed by atoms with van der Waals surface area (Å²) < 4.78 is 7.80. The maximum atomic E-state index is 13.1. The number of β-lactam (4-membered cyclic amide) rings is 1. The molecule has 194 valence electrons. The van der Waals surface area contributed by atoms with Crippen LogP contribution in [0.25, 0.3) is 4.83 Å². The summed E-state index contributed by atoms with van der Waals surface area (Å²) in [6.07, 6.45) is 4.18. The molecule has 3 aromatic heterocycles. The van der Waals surface area contributed by atoms with E-state index < -0.39 is 29.2 Å². The van der Waals surface area contributed by atoms with Crippen molar-refractivity contribution >= 4 is 68.1 Å². The standard InChI is InChI=1S/C20H20N8O6S3/c1-34-24-12(15-23-20(21)37-25-15)16(30)22-13-17(31)28-14(19(32)33)9(8-36-18(13)28)6-26-7-11-27(3-5-35-11)10(26)2-4-29/h3,5,7,13,18,29H,2,4,6,8H2,1H3,(H3-,21,22,23,25,30,32,33)/p+1/b24-12-/t13-,18-/m1/s1. The molecule has 0 bridgehead atoms. The minimum atomic E-state index is -1.23. The molecule has 0 spiro atoms. The molecule has 0 radical (unpaired) electrons. The van der Waals surface area contributed by atoms with Gasteiger partial charge in [-0.05, 0) is 0 Å². The van der Waals surface area contributed by atoms with E-state index in [9.17, 15) is 24.6 Å². The van der Waals surface area contributed by atoms with Gasteiger partial charge in [-0.2, -0.15) is 13.8 Å². The smallest absolute Gasteiger partial charge is 0.352 e. The van der Waals surface area contributed by atoms with E-state index in [1.54, 1.807) is 0 Å². The number of thioether (sulfide) groups is 1. The van der Waals surface area contributed by atoms with Crippen LogP contribution in [0.1, 0.15) is 11.6 Å². The first-order chi connectivity index (χ1) is 17.8. The van der Waals surface area contributed by atoms with Gasteiger partial charge >= 0.3 is 5.97 Å². The van der Waals surface area contributed by atoms with Gasteiger partial charge in [0.05, 0.1) is 13.0 Å². The number of hydrogen-bond acceptors (Lipinski definition) is 12. The maximum absolute atomic E-state index is 13.1. The van der Waals surface area contributed by atoms with Crippen molar-refractivity contribution in [3.8, 4) is 0 Å². The lowest BCUT2D eigenvalue weighted by Gasteiger charge is -2.49. The Morgan fingerprint density at radius 3 is 2.92 bits per heavy atom. The second-order valence-corrected chi connectivity index (χ2v) is 10.8. The second-order valence-electron chi connectivity index (χ2n) is 7.96. The number of thiazole rings is 1. The van der Waals surface area contributed by atoms with Crippen molar-refractivity contribution in [2.75, 3.05) is 25.2 Å². The van der Waals surface area contributed by atoms with Crippen LogP contribution in [0.15, 0.2) is 34.2 Å². The largest absolute Gasteiger partial charge is 0.477 e. The highest BCUT2D eigenvalue weighted by Gasteiger charge is 2.54. The highest BCUT2D eigenvalue weighted by molar-refractivity contribution is 8.00. The van der Waals surface area contributed by atoms with Crippen LogP contribution in [-0.4, -0.2) is 83.3 Å². The van der Waals surface area contributed by atoms with E-state index in [2.05, 4.69) is 19.8 Å². The number of fused-ring (bicyclic) bond motifs is 2. The van der Waals surface area contributed by atoms with Crippen LogP contribution in [0.2, 0.25) is 0 Å². The molecular weight excluding hydrogens is 544 g/mol. The number of nitrogens with two attached hydrogens (primary N) is 1. The molecule has 5 heterocycles. The minimum Gasteiger partial charge on any atom is -0.477 e. The molecule has 14 nitrogen and oxygen atoms in total. The van der Waals surface area contributed by atoms with Crippen molar-refractivity contribution in [1.29, 1.82) is 0 Å². The Balaban J connectivity index is 1.38. The summed E-state index contributed by atoms with van der Waals surface area (Å²) in [6.45, 7) is 0.181. The molecule has 2 aliphatic rings. The van der Waals surface area contributed by atoms with E-state index in [1.807, 2.05) is 26.7 Å². The van der Waals surface area contributed by atoms with Crippen molar-refractivity contribution < 1.29 is 34.0 Å². The number of oxime groups is 1. The molecule has 2 amide bonds. The van der Waals surface area contributed by atoms with Gasteiger partial charge in [0.15, 0.2) is 5.13 Å². The Morgan fingerprint density at radius 1 is 1.43 bits per heavy atom. The number of hydrogen-bond donors (Lipinski definition) is 4. The van der Waals surface area contributed by atoms with E-state index in [-0.39, 0.29) is 35.5 Å². The van der Waals surface area contributed by atoms with E-state index in [0.717, 1.165) is 22.2 Å². The van der Waals surface area contributed by atoms with E-state index >= 15 is 0 Å². The highest BCUT2D eigenvalue weighted by atomic mass is 32.2. The van der Waals surface area contributed by atoms with Gasteiger partial charge in [-0.3, -0.25) is 14.5 Å². The second kappa shape index (κ2) is 10.1. The third kappa shape index (κ3) is 4.43. The lowest BCUT2D eigenvalue weighted by molar-refractivity contribution is -0.695. The monoisotopic (exact) mass is 565 g/mol. The van der Waals surface area contributed by atoms with E-state index in [4.69, 9.17) is 10.6 Å². The molecule has 17 heteroatoms. The Kier molecular flexibility index (Phi) is 6.84. The fourth-order valence-electron chi connectivity index (χ4n) is 4.27. The van der Waals surface area contributed by atoms with Gasteiger partial charge in [0.1, 0.15) is 43.2 Å². The first-order valence-corrected chi connectivity index (χ1v) is 13.5. The Hall–Kier alpha value is -3.54. The van der Waals surface area contributed by atoms with E-state index in [1.165, 1.54) is 35.1 Å². The molecule has 5 rings (SSSR count). The molecule has 0 unspecified atom stereocenters. The molecule has 0 saturated carbocycles. The zero-order valence-corrected chi connectivity index (χ0v) is 21.7. The van der Waals surface area contributed by atoms with Crippen LogP contribution < -0.4 is 15.6 Å². The Bertz CT molecular complexity index is 1460. The van der Waals surface area contributed by atoms with Gasteiger partial charge < -0.3 is 26.1 Å². The zero-order chi connectivity index (χ0) is 26.3. The SMILES string of the molecule is CO/N=C(\C(=O)N[C@@H]1C(=O)N2C(C(=O)O)=C(C[n+]3cc4sccn4c3CCO)CS[C@H]12)c1nsc(N)n1. The summed E-state index contributed by atoms with van der Waals surface area (Å²) >= 11 is 3.75. The number of aliphatic hydroxyl groups excluding tert-OH is 1. The number of rotatable bonds is 9. The molecule has 3 aromatic rings. The van der Waals surface area contributed by atoms with Gasteiger partial charge in [0, 0.05) is 28.2 Å². The van der Waals surface area contributed by atoms with Crippen LogP contribution in [0.3, 0.4) is 0 Å². The summed E-state index contributed by atoms with van der Waals surface area (Å²) in [5, 5.41) is 27.2. The predicted molar refractivity (Wildman–Crippen MR) is 134 cm³/mol. The van der Waals surface area contributed by atoms with Gasteiger partial charge in [-0.15, -0.1) is 11.8 Å². The van der Waals surface area contributed by atoms with Gasteiger partial charge in [-0.1, -0.05) is 16.5 Å². The number of carbonyl (C=O) groups excluding carboxylic acids is 2. The summed E-state index contributed by atoms with van der Waals surface area (Å²) in [5.41, 5.74) is 5.79. The number of amides is 2. The Labute approximate surface area is 221 Å². The molecule has 0 aliphatic carbocycles. The number of anilines is 1. The topological polar surface area (TPSA) is 189 Å². The van der Waals surface area contributed by atoms with Gasteiger partial charge in [-0.25, -0.2) is 9.36 Å². The van der Waals surface area contributed by atoms with Crippen LogP contribution >= 0.6 is 34.6 Å². The van der Waals surface area contributed by atoms with Crippen molar-refractivity contribution in [2.45, 2.75) is 24.4 Å². The summed E-state index contributed by atoms with van der Waals surface area (Å²) in [6, 6.07) is -0.969. The van der Waals surface area contributed by atoms with Crippen LogP contribution in [0.5, 0.6) is 0 Å². The minimum absolute atomic E-state index is 0.0432.